The molecule has 0 atom stereocenters. The van der Waals surface area contributed by atoms with E-state index >= 15 is 0 Å². The molecule has 0 unspecified atom stereocenters. The van der Waals surface area contributed by atoms with Crippen LogP contribution in [0.25, 0.3) is 0 Å². The first-order valence-corrected chi connectivity index (χ1v) is 7.91. The normalized spacial score (nSPS) is 15.9. The number of nitrogens with zero attached hydrogens (tertiary/aromatic N) is 1. The van der Waals surface area contributed by atoms with Gasteiger partial charge in [-0.3, -0.25) is 9.69 Å². The van der Waals surface area contributed by atoms with Crippen LogP contribution < -0.4 is 4.90 Å². The first kappa shape index (κ1) is 13.1. The van der Waals surface area contributed by atoms with Gasteiger partial charge in [0.15, 0.2) is 9.84 Å². The number of hydrogen-bond acceptors (Lipinski definition) is 3. The summed E-state index contributed by atoms with van der Waals surface area (Å²) in [7, 11) is -3.45. The fraction of sp³-hybridized carbons (Fsp3) is 0.0714. The number of benzene rings is 2. The summed E-state index contributed by atoms with van der Waals surface area (Å²) >= 11 is 5.86. The average molecular weight is 308 g/mol. The van der Waals surface area contributed by atoms with Crippen LogP contribution in [0.15, 0.2) is 53.4 Å². The van der Waals surface area contributed by atoms with Crippen LogP contribution in [-0.2, 0) is 9.84 Å². The number of carbonyl (C=O) groups excluding carboxylic acids is 1. The molecule has 2 aromatic rings. The molecule has 0 bridgehead atoms. The van der Waals surface area contributed by atoms with Gasteiger partial charge in [0, 0.05) is 10.6 Å². The summed E-state index contributed by atoms with van der Waals surface area (Å²) in [5, 5.41) is 0.436. The Kier molecular flexibility index (Phi) is 3.03. The van der Waals surface area contributed by atoms with Gasteiger partial charge >= 0.3 is 0 Å². The summed E-state index contributed by atoms with van der Waals surface area (Å²) in [6, 6.07) is 12.9. The third-order valence-corrected chi connectivity index (χ3v) is 4.96. The Morgan fingerprint density at radius 1 is 1.10 bits per heavy atom. The molecule has 1 aliphatic rings. The average Bonchev–Trinajstić information content (AvgIpc) is 2.71. The Labute approximate surface area is 121 Å². The quantitative estimate of drug-likeness (QED) is 0.814. The van der Waals surface area contributed by atoms with Crippen LogP contribution in [0.1, 0.15) is 10.4 Å². The van der Waals surface area contributed by atoms with Crippen molar-refractivity contribution in [2.24, 2.45) is 0 Å². The minimum absolute atomic E-state index is 0.190. The smallest absolute Gasteiger partial charge is 0.259 e. The first-order valence-electron chi connectivity index (χ1n) is 5.88. The van der Waals surface area contributed by atoms with Crippen LogP contribution in [0.4, 0.5) is 5.69 Å². The summed E-state index contributed by atoms with van der Waals surface area (Å²) < 4.78 is 24.1. The number of hydrogen-bond donors (Lipinski definition) is 0. The molecule has 0 aliphatic carbocycles. The number of para-hydroxylation sites is 1. The lowest BCUT2D eigenvalue weighted by Gasteiger charge is -2.15. The molecule has 1 aliphatic heterocycles. The molecule has 1 amide bonds. The highest BCUT2D eigenvalue weighted by Gasteiger charge is 2.35. The Balaban J connectivity index is 2.07. The SMILES string of the molecule is O=C(c1cccc(Cl)c1)N1CS(=O)(=O)c2ccccc21. The zero-order valence-electron chi connectivity index (χ0n) is 10.3. The lowest BCUT2D eigenvalue weighted by Crippen LogP contribution is -2.30. The second-order valence-corrected chi connectivity index (χ2v) is 6.82. The van der Waals surface area contributed by atoms with E-state index in [1.807, 2.05) is 0 Å². The summed E-state index contributed by atoms with van der Waals surface area (Å²) in [5.74, 6) is -0.710. The highest BCUT2D eigenvalue weighted by atomic mass is 35.5. The Bertz CT molecular complexity index is 802. The molecule has 1 heterocycles. The highest BCUT2D eigenvalue weighted by Crippen LogP contribution is 2.34. The summed E-state index contributed by atoms with van der Waals surface area (Å²) in [6.07, 6.45) is 0. The minimum atomic E-state index is -3.45. The molecule has 2 aromatic carbocycles. The third-order valence-electron chi connectivity index (χ3n) is 3.11. The fourth-order valence-electron chi connectivity index (χ4n) is 2.20. The molecule has 0 spiro atoms. The van der Waals surface area contributed by atoms with Gasteiger partial charge in [-0.2, -0.15) is 0 Å². The van der Waals surface area contributed by atoms with Crippen molar-refractivity contribution in [3.63, 3.8) is 0 Å². The standard InChI is InChI=1S/C14H10ClNO3S/c15-11-5-3-4-10(8-11)14(17)16-9-20(18,19)13-7-2-1-6-12(13)16/h1-8H,9H2. The largest absolute Gasteiger partial charge is 0.292 e. The molecule has 102 valence electrons. The van der Waals surface area contributed by atoms with Gasteiger partial charge in [-0.25, -0.2) is 8.42 Å². The maximum absolute atomic E-state index is 12.5. The Morgan fingerprint density at radius 2 is 1.85 bits per heavy atom. The maximum Gasteiger partial charge on any atom is 0.259 e. The van der Waals surface area contributed by atoms with Crippen molar-refractivity contribution in [3.8, 4) is 0 Å². The van der Waals surface area contributed by atoms with Crippen molar-refractivity contribution in [2.75, 3.05) is 10.8 Å². The molecular formula is C14H10ClNO3S. The maximum atomic E-state index is 12.5. The Hall–Kier alpha value is -1.85. The van der Waals surface area contributed by atoms with Crippen LogP contribution >= 0.6 is 11.6 Å². The van der Waals surface area contributed by atoms with Crippen LogP contribution in [0.2, 0.25) is 5.02 Å². The molecule has 0 radical (unpaired) electrons. The zero-order chi connectivity index (χ0) is 14.3. The van der Waals surface area contributed by atoms with Gasteiger partial charge in [-0.1, -0.05) is 29.8 Å². The van der Waals surface area contributed by atoms with E-state index in [0.29, 0.717) is 16.3 Å². The van der Waals surface area contributed by atoms with Gasteiger partial charge in [0.25, 0.3) is 5.91 Å². The topological polar surface area (TPSA) is 54.5 Å². The molecule has 0 saturated carbocycles. The first-order chi connectivity index (χ1) is 9.49. The number of anilines is 1. The number of halogens is 1. The van der Waals surface area contributed by atoms with Crippen molar-refractivity contribution in [1.29, 1.82) is 0 Å². The summed E-state index contributed by atoms with van der Waals surface area (Å²) in [6.45, 7) is 0. The van der Waals surface area contributed by atoms with Crippen molar-refractivity contribution in [1.82, 2.24) is 0 Å². The van der Waals surface area contributed by atoms with E-state index in [1.54, 1.807) is 36.4 Å². The fourth-order valence-corrected chi connectivity index (χ4v) is 3.91. The summed E-state index contributed by atoms with van der Waals surface area (Å²) in [4.78, 5) is 13.9. The minimum Gasteiger partial charge on any atom is -0.292 e. The molecular weight excluding hydrogens is 298 g/mol. The highest BCUT2D eigenvalue weighted by molar-refractivity contribution is 7.92. The van der Waals surface area contributed by atoms with Crippen molar-refractivity contribution >= 4 is 33.0 Å². The summed E-state index contributed by atoms with van der Waals surface area (Å²) in [5.41, 5.74) is 0.780. The molecule has 3 rings (SSSR count). The van der Waals surface area contributed by atoms with Crippen molar-refractivity contribution in [3.05, 3.63) is 59.1 Å². The van der Waals surface area contributed by atoms with Gasteiger partial charge in [0.2, 0.25) is 0 Å². The molecule has 6 heteroatoms. The van der Waals surface area contributed by atoms with Crippen molar-refractivity contribution < 1.29 is 13.2 Å². The van der Waals surface area contributed by atoms with E-state index < -0.39 is 9.84 Å². The van der Waals surface area contributed by atoms with Gasteiger partial charge in [0.05, 0.1) is 10.6 Å². The van der Waals surface area contributed by atoms with E-state index in [9.17, 15) is 13.2 Å². The molecule has 0 fully saturated rings. The van der Waals surface area contributed by atoms with Gasteiger partial charge < -0.3 is 0 Å². The van der Waals surface area contributed by atoms with Gasteiger partial charge in [-0.05, 0) is 30.3 Å². The van der Waals surface area contributed by atoms with E-state index in [4.69, 9.17) is 11.6 Å². The van der Waals surface area contributed by atoms with Crippen LogP contribution in [0, 0.1) is 0 Å². The van der Waals surface area contributed by atoms with E-state index in [2.05, 4.69) is 0 Å². The lowest BCUT2D eigenvalue weighted by molar-refractivity contribution is 0.0991. The molecule has 0 saturated heterocycles. The van der Waals surface area contributed by atoms with E-state index in [0.717, 1.165) is 0 Å². The predicted molar refractivity (Wildman–Crippen MR) is 76.8 cm³/mol. The molecule has 0 N–H and O–H groups in total. The van der Waals surface area contributed by atoms with Crippen LogP contribution in [0.5, 0.6) is 0 Å². The van der Waals surface area contributed by atoms with Crippen molar-refractivity contribution in [2.45, 2.75) is 4.90 Å². The number of fused-ring (bicyclic) bond motifs is 1. The number of sulfone groups is 1. The molecule has 0 aromatic heterocycles. The van der Waals surface area contributed by atoms with Crippen LogP contribution in [-0.4, -0.2) is 20.2 Å². The zero-order valence-corrected chi connectivity index (χ0v) is 11.9. The third kappa shape index (κ3) is 2.09. The monoisotopic (exact) mass is 307 g/mol. The van der Waals surface area contributed by atoms with Crippen LogP contribution in [0.3, 0.4) is 0 Å². The number of carbonyl (C=O) groups is 1. The van der Waals surface area contributed by atoms with Gasteiger partial charge in [0.1, 0.15) is 5.88 Å². The number of rotatable bonds is 1. The molecule has 20 heavy (non-hydrogen) atoms. The van der Waals surface area contributed by atoms with E-state index in [1.165, 1.54) is 17.0 Å². The number of amides is 1. The van der Waals surface area contributed by atoms with E-state index in [-0.39, 0.29) is 16.7 Å². The second kappa shape index (κ2) is 4.61. The molecule has 4 nitrogen and oxygen atoms in total. The Morgan fingerprint density at radius 3 is 2.60 bits per heavy atom. The lowest BCUT2D eigenvalue weighted by atomic mass is 10.2. The predicted octanol–water partition coefficient (Wildman–Crippen LogP) is 2.73. The second-order valence-electron chi connectivity index (χ2n) is 4.46. The van der Waals surface area contributed by atoms with Gasteiger partial charge in [-0.15, -0.1) is 0 Å².